The van der Waals surface area contributed by atoms with Crippen LogP contribution in [0.1, 0.15) is 12.0 Å². The lowest BCUT2D eigenvalue weighted by Crippen LogP contribution is -2.26. The summed E-state index contributed by atoms with van der Waals surface area (Å²) in [5.41, 5.74) is 0.755. The normalized spacial score (nSPS) is 16.3. The number of anilines is 2. The van der Waals surface area contributed by atoms with Gasteiger partial charge in [-0.2, -0.15) is 0 Å². The molecule has 26 heavy (non-hydrogen) atoms. The predicted molar refractivity (Wildman–Crippen MR) is 106 cm³/mol. The predicted octanol–water partition coefficient (Wildman–Crippen LogP) is 4.21. The number of methoxy groups -OCH3 is 1. The smallest absolute Gasteiger partial charge is 0.293 e. The standard InChI is InChI=1S/C18H18BrClN4O2/c1-11-7-14(19)16(21-8-11)23-17-18(25)24(10-15(20)22-17)9-12-3-5-13(26-2)6-4-12/h3,5-8,10,12H,4,9H2,1-2H3,(H,21,22,23). The summed E-state index contributed by atoms with van der Waals surface area (Å²) in [6.07, 6.45) is 10.0. The van der Waals surface area contributed by atoms with Crippen molar-refractivity contribution in [3.8, 4) is 0 Å². The fourth-order valence-corrected chi connectivity index (χ4v) is 3.41. The Bertz CT molecular complexity index is 939. The van der Waals surface area contributed by atoms with Crippen LogP contribution >= 0.6 is 27.5 Å². The lowest BCUT2D eigenvalue weighted by molar-refractivity contribution is 0.300. The van der Waals surface area contributed by atoms with Crippen LogP contribution in [0.5, 0.6) is 0 Å². The monoisotopic (exact) mass is 436 g/mol. The van der Waals surface area contributed by atoms with Gasteiger partial charge in [-0.15, -0.1) is 0 Å². The fourth-order valence-electron chi connectivity index (χ4n) is 2.65. The fraction of sp³-hybridized carbons (Fsp3) is 0.278. The van der Waals surface area contributed by atoms with Crippen molar-refractivity contribution >= 4 is 39.2 Å². The number of rotatable bonds is 5. The molecule has 0 spiro atoms. The first-order valence-electron chi connectivity index (χ1n) is 8.04. The summed E-state index contributed by atoms with van der Waals surface area (Å²) in [5, 5.41) is 3.20. The first kappa shape index (κ1) is 18.7. The topological polar surface area (TPSA) is 69.0 Å². The Labute approximate surface area is 164 Å². The van der Waals surface area contributed by atoms with Gasteiger partial charge in [-0.3, -0.25) is 4.79 Å². The van der Waals surface area contributed by atoms with E-state index in [1.165, 1.54) is 0 Å². The molecule has 0 aromatic carbocycles. The minimum absolute atomic E-state index is 0.141. The van der Waals surface area contributed by atoms with Gasteiger partial charge in [-0.1, -0.05) is 17.7 Å². The second-order valence-electron chi connectivity index (χ2n) is 6.00. The highest BCUT2D eigenvalue weighted by molar-refractivity contribution is 9.10. The number of nitrogens with zero attached hydrogens (tertiary/aromatic N) is 3. The van der Waals surface area contributed by atoms with Gasteiger partial charge in [0.15, 0.2) is 5.82 Å². The zero-order valence-electron chi connectivity index (χ0n) is 14.4. The average Bonchev–Trinajstić information content (AvgIpc) is 2.62. The molecular weight excluding hydrogens is 420 g/mol. The lowest BCUT2D eigenvalue weighted by Gasteiger charge is -2.17. The number of allylic oxidation sites excluding steroid dienone is 3. The summed E-state index contributed by atoms with van der Waals surface area (Å²) >= 11 is 9.56. The largest absolute Gasteiger partial charge is 0.497 e. The highest BCUT2D eigenvalue weighted by Gasteiger charge is 2.15. The van der Waals surface area contributed by atoms with E-state index in [2.05, 4.69) is 31.2 Å². The molecule has 0 bridgehead atoms. The highest BCUT2D eigenvalue weighted by Crippen LogP contribution is 2.23. The molecule has 0 amide bonds. The van der Waals surface area contributed by atoms with Gasteiger partial charge >= 0.3 is 0 Å². The third kappa shape index (κ3) is 4.34. The van der Waals surface area contributed by atoms with Crippen LogP contribution in [-0.2, 0) is 11.3 Å². The SMILES string of the molecule is COC1=CCC(Cn2cc(Cl)nc(Nc3ncc(C)cc3Br)c2=O)C=C1. The molecule has 1 aliphatic carbocycles. The Morgan fingerprint density at radius 1 is 1.46 bits per heavy atom. The number of hydrogen-bond donors (Lipinski definition) is 1. The molecule has 1 aliphatic rings. The number of ether oxygens (including phenoxy) is 1. The number of nitrogens with one attached hydrogen (secondary N) is 1. The minimum atomic E-state index is -0.251. The molecule has 2 aromatic heterocycles. The molecule has 0 aliphatic heterocycles. The van der Waals surface area contributed by atoms with Gasteiger partial charge in [0.05, 0.1) is 11.6 Å². The molecule has 136 valence electrons. The van der Waals surface area contributed by atoms with Gasteiger partial charge in [-0.25, -0.2) is 9.97 Å². The Balaban J connectivity index is 1.84. The number of aromatic nitrogens is 3. The number of pyridine rings is 1. The minimum Gasteiger partial charge on any atom is -0.497 e. The van der Waals surface area contributed by atoms with E-state index in [9.17, 15) is 4.79 Å². The molecule has 8 heteroatoms. The van der Waals surface area contributed by atoms with E-state index in [0.717, 1.165) is 22.2 Å². The van der Waals surface area contributed by atoms with E-state index in [0.29, 0.717) is 12.4 Å². The first-order chi connectivity index (χ1) is 12.5. The van der Waals surface area contributed by atoms with Crippen LogP contribution in [0.15, 0.2) is 51.7 Å². The molecule has 0 fully saturated rings. The van der Waals surface area contributed by atoms with Gasteiger partial charge in [0.2, 0.25) is 0 Å². The van der Waals surface area contributed by atoms with Crippen LogP contribution in [-0.4, -0.2) is 21.6 Å². The van der Waals surface area contributed by atoms with E-state index in [-0.39, 0.29) is 22.4 Å². The lowest BCUT2D eigenvalue weighted by atomic mass is 10.00. The van der Waals surface area contributed by atoms with Crippen molar-refractivity contribution in [1.82, 2.24) is 14.5 Å². The summed E-state index contributed by atoms with van der Waals surface area (Å²) in [6, 6.07) is 1.91. The third-order valence-electron chi connectivity index (χ3n) is 3.98. The molecule has 1 atom stereocenters. The van der Waals surface area contributed by atoms with Crippen molar-refractivity contribution < 1.29 is 4.74 Å². The molecule has 0 saturated carbocycles. The molecule has 1 N–H and O–H groups in total. The summed E-state index contributed by atoms with van der Waals surface area (Å²) in [6.45, 7) is 2.44. The second-order valence-corrected chi connectivity index (χ2v) is 7.24. The van der Waals surface area contributed by atoms with Crippen LogP contribution in [0.3, 0.4) is 0 Å². The molecule has 2 heterocycles. The van der Waals surface area contributed by atoms with E-state index >= 15 is 0 Å². The maximum atomic E-state index is 12.8. The Hall–Kier alpha value is -2.12. The van der Waals surface area contributed by atoms with Gasteiger partial charge in [0, 0.05) is 18.9 Å². The molecule has 1 unspecified atom stereocenters. The van der Waals surface area contributed by atoms with E-state index in [1.54, 1.807) is 24.1 Å². The van der Waals surface area contributed by atoms with Crippen LogP contribution < -0.4 is 10.9 Å². The molecule has 0 saturated heterocycles. The van der Waals surface area contributed by atoms with Crippen LogP contribution in [0, 0.1) is 12.8 Å². The maximum absolute atomic E-state index is 12.8. The number of aryl methyl sites for hydroxylation is 1. The first-order valence-corrected chi connectivity index (χ1v) is 9.22. The van der Waals surface area contributed by atoms with Gasteiger partial charge in [-0.05, 0) is 59.0 Å². The summed E-state index contributed by atoms with van der Waals surface area (Å²) < 4.78 is 7.51. The van der Waals surface area contributed by atoms with Gasteiger partial charge in [0.25, 0.3) is 5.56 Å². The van der Waals surface area contributed by atoms with E-state index in [4.69, 9.17) is 16.3 Å². The molecular formula is C18H18BrClN4O2. The van der Waals surface area contributed by atoms with Crippen molar-refractivity contribution in [2.75, 3.05) is 12.4 Å². The highest BCUT2D eigenvalue weighted by atomic mass is 79.9. The van der Waals surface area contributed by atoms with Crippen molar-refractivity contribution in [2.45, 2.75) is 19.9 Å². The van der Waals surface area contributed by atoms with Crippen LogP contribution in [0.2, 0.25) is 5.15 Å². The summed E-state index contributed by atoms with van der Waals surface area (Å²) in [7, 11) is 1.64. The number of halogens is 2. The van der Waals surface area contributed by atoms with Crippen molar-refractivity contribution in [2.24, 2.45) is 5.92 Å². The second kappa shape index (κ2) is 8.05. The maximum Gasteiger partial charge on any atom is 0.293 e. The summed E-state index contributed by atoms with van der Waals surface area (Å²) in [5.74, 6) is 1.67. The van der Waals surface area contributed by atoms with Crippen molar-refractivity contribution in [3.63, 3.8) is 0 Å². The number of hydrogen-bond acceptors (Lipinski definition) is 5. The molecule has 3 rings (SSSR count). The van der Waals surface area contributed by atoms with Crippen molar-refractivity contribution in [1.29, 1.82) is 0 Å². The van der Waals surface area contributed by atoms with Crippen molar-refractivity contribution in [3.05, 3.63) is 68.0 Å². The Morgan fingerprint density at radius 3 is 2.92 bits per heavy atom. The van der Waals surface area contributed by atoms with Gasteiger partial charge in [0.1, 0.15) is 16.7 Å². The quantitative estimate of drug-likeness (QED) is 0.759. The zero-order chi connectivity index (χ0) is 18.7. The Morgan fingerprint density at radius 2 is 2.27 bits per heavy atom. The average molecular weight is 438 g/mol. The molecule has 6 nitrogen and oxygen atoms in total. The Kier molecular flexibility index (Phi) is 5.78. The van der Waals surface area contributed by atoms with Gasteiger partial charge < -0.3 is 14.6 Å². The summed E-state index contributed by atoms with van der Waals surface area (Å²) in [4.78, 5) is 21.2. The van der Waals surface area contributed by atoms with Crippen LogP contribution in [0.4, 0.5) is 11.6 Å². The van der Waals surface area contributed by atoms with Crippen LogP contribution in [0.25, 0.3) is 0 Å². The van der Waals surface area contributed by atoms with E-state index < -0.39 is 0 Å². The van der Waals surface area contributed by atoms with E-state index in [1.807, 2.05) is 31.2 Å². The zero-order valence-corrected chi connectivity index (χ0v) is 16.7. The molecule has 0 radical (unpaired) electrons. The molecule has 2 aromatic rings. The third-order valence-corrected chi connectivity index (χ3v) is 4.77.